The molecule has 0 aromatic heterocycles. The molecule has 0 rings (SSSR count). The van der Waals surface area contributed by atoms with Crippen molar-refractivity contribution >= 4 is 23.7 Å². The van der Waals surface area contributed by atoms with Gasteiger partial charge in [-0.1, -0.05) is 13.8 Å². The highest BCUT2D eigenvalue weighted by Gasteiger charge is 2.31. The molecule has 10 heteroatoms. The minimum absolute atomic E-state index is 0.0602. The van der Waals surface area contributed by atoms with Gasteiger partial charge in [-0.05, 0) is 33.1 Å². The van der Waals surface area contributed by atoms with E-state index < -0.39 is 54.0 Å². The quantitative estimate of drug-likeness (QED) is 0.265. The van der Waals surface area contributed by atoms with Gasteiger partial charge in [0.05, 0.1) is 12.1 Å². The molecule has 0 saturated heterocycles. The van der Waals surface area contributed by atoms with Crippen molar-refractivity contribution in [2.45, 2.75) is 71.3 Å². The fourth-order valence-electron chi connectivity index (χ4n) is 2.03. The molecule has 0 aromatic carbocycles. The van der Waals surface area contributed by atoms with Crippen LogP contribution in [0.5, 0.6) is 0 Å². The second kappa shape index (κ2) is 10.7. The van der Waals surface area contributed by atoms with Gasteiger partial charge in [0.25, 0.3) is 0 Å². The minimum Gasteiger partial charge on any atom is -0.480 e. The molecule has 0 saturated carbocycles. The first kappa shape index (κ1) is 23.8. The van der Waals surface area contributed by atoms with Crippen molar-refractivity contribution in [3.05, 3.63) is 0 Å². The molecule has 3 amide bonds. The van der Waals surface area contributed by atoms with E-state index in [4.69, 9.17) is 10.8 Å². The molecule has 5 atom stereocenters. The Bertz CT molecular complexity index is 521. The van der Waals surface area contributed by atoms with Crippen LogP contribution in [0.25, 0.3) is 0 Å². The van der Waals surface area contributed by atoms with Crippen LogP contribution in [0.2, 0.25) is 0 Å². The van der Waals surface area contributed by atoms with Crippen molar-refractivity contribution in [2.75, 3.05) is 0 Å². The van der Waals surface area contributed by atoms with E-state index in [1.807, 2.05) is 13.8 Å². The third-order valence-electron chi connectivity index (χ3n) is 3.55. The van der Waals surface area contributed by atoms with Crippen molar-refractivity contribution in [1.82, 2.24) is 16.0 Å². The van der Waals surface area contributed by atoms with Crippen molar-refractivity contribution < 1.29 is 29.4 Å². The summed E-state index contributed by atoms with van der Waals surface area (Å²) in [6, 6.07) is -4.32. The van der Waals surface area contributed by atoms with E-state index in [-0.39, 0.29) is 5.92 Å². The predicted molar refractivity (Wildman–Crippen MR) is 93.9 cm³/mol. The normalized spacial score (nSPS) is 16.8. The Balaban J connectivity index is 5.19. The van der Waals surface area contributed by atoms with Crippen LogP contribution in [0, 0.1) is 5.92 Å². The largest absolute Gasteiger partial charge is 0.480 e. The fraction of sp³-hybridized carbons (Fsp3) is 0.750. The summed E-state index contributed by atoms with van der Waals surface area (Å²) in [4.78, 5) is 47.3. The van der Waals surface area contributed by atoms with E-state index in [1.165, 1.54) is 20.8 Å². The maximum atomic E-state index is 12.5. The van der Waals surface area contributed by atoms with Gasteiger partial charge in [0.1, 0.15) is 18.1 Å². The standard InChI is InChI=1S/C16H30N4O6/c1-7(2)6-11(19-13(22)8(3)17)14(23)20-12(10(5)21)15(24)18-9(4)16(25)26/h7-12,21H,6,17H2,1-5H3,(H,18,24)(H,19,22)(H,20,23)(H,25,26)/t8-,9-,10+,11-,12-/m0/s1. The number of carboxylic acids is 1. The lowest BCUT2D eigenvalue weighted by atomic mass is 10.0. The van der Waals surface area contributed by atoms with Gasteiger partial charge in [0.2, 0.25) is 17.7 Å². The highest BCUT2D eigenvalue weighted by atomic mass is 16.4. The number of hydrogen-bond acceptors (Lipinski definition) is 6. The molecule has 0 heterocycles. The van der Waals surface area contributed by atoms with Gasteiger partial charge in [-0.2, -0.15) is 0 Å². The van der Waals surface area contributed by atoms with Crippen LogP contribution in [0.1, 0.15) is 41.0 Å². The number of rotatable bonds is 10. The molecule has 0 aliphatic carbocycles. The molecule has 0 fully saturated rings. The van der Waals surface area contributed by atoms with Crippen molar-refractivity contribution in [3.8, 4) is 0 Å². The van der Waals surface area contributed by atoms with Crippen LogP contribution < -0.4 is 21.7 Å². The Labute approximate surface area is 152 Å². The van der Waals surface area contributed by atoms with Gasteiger partial charge >= 0.3 is 5.97 Å². The molecule has 0 aromatic rings. The molecule has 10 nitrogen and oxygen atoms in total. The summed E-state index contributed by atoms with van der Waals surface area (Å²) in [5, 5.41) is 25.7. The summed E-state index contributed by atoms with van der Waals surface area (Å²) < 4.78 is 0. The Kier molecular flexibility index (Phi) is 9.81. The Morgan fingerprint density at radius 2 is 1.42 bits per heavy atom. The minimum atomic E-state index is -1.37. The molecule has 7 N–H and O–H groups in total. The molecular formula is C16H30N4O6. The van der Waals surface area contributed by atoms with Crippen LogP contribution in [0.15, 0.2) is 0 Å². The summed E-state index contributed by atoms with van der Waals surface area (Å²) in [7, 11) is 0. The number of carbonyl (C=O) groups is 4. The van der Waals surface area contributed by atoms with Crippen LogP contribution in [0.3, 0.4) is 0 Å². The number of aliphatic hydroxyl groups excluding tert-OH is 1. The molecular weight excluding hydrogens is 344 g/mol. The summed E-state index contributed by atoms with van der Waals surface area (Å²) >= 11 is 0. The molecule has 150 valence electrons. The summed E-state index contributed by atoms with van der Waals surface area (Å²) in [5.74, 6) is -3.23. The number of aliphatic hydroxyl groups is 1. The number of aliphatic carboxylic acids is 1. The Hall–Kier alpha value is -2.20. The van der Waals surface area contributed by atoms with E-state index in [0.29, 0.717) is 6.42 Å². The van der Waals surface area contributed by atoms with Crippen molar-refractivity contribution in [3.63, 3.8) is 0 Å². The van der Waals surface area contributed by atoms with E-state index in [2.05, 4.69) is 16.0 Å². The molecule has 26 heavy (non-hydrogen) atoms. The molecule has 0 bridgehead atoms. The monoisotopic (exact) mass is 374 g/mol. The third-order valence-corrected chi connectivity index (χ3v) is 3.55. The van der Waals surface area contributed by atoms with Crippen LogP contribution >= 0.6 is 0 Å². The third kappa shape index (κ3) is 8.26. The van der Waals surface area contributed by atoms with Crippen molar-refractivity contribution in [2.24, 2.45) is 11.7 Å². The SMILES string of the molecule is CC(C)C[C@H](NC(=O)[C@H](C)N)C(=O)N[C@H](C(=O)N[C@@H](C)C(=O)O)[C@@H](C)O. The van der Waals surface area contributed by atoms with Crippen LogP contribution in [0.4, 0.5) is 0 Å². The summed E-state index contributed by atoms with van der Waals surface area (Å²) in [6.45, 7) is 7.72. The average molecular weight is 374 g/mol. The maximum Gasteiger partial charge on any atom is 0.325 e. The average Bonchev–Trinajstić information content (AvgIpc) is 2.50. The number of carbonyl (C=O) groups excluding carboxylic acids is 3. The van der Waals surface area contributed by atoms with Crippen molar-refractivity contribution in [1.29, 1.82) is 0 Å². The zero-order valence-electron chi connectivity index (χ0n) is 15.8. The van der Waals surface area contributed by atoms with Gasteiger partial charge in [-0.3, -0.25) is 19.2 Å². The summed E-state index contributed by atoms with van der Waals surface area (Å²) in [5.41, 5.74) is 5.49. The topological polar surface area (TPSA) is 171 Å². The number of amides is 3. The lowest BCUT2D eigenvalue weighted by Gasteiger charge is -2.26. The number of hydrogen-bond donors (Lipinski definition) is 6. The second-order valence-electron chi connectivity index (χ2n) is 6.77. The molecule has 0 aliphatic heterocycles. The highest BCUT2D eigenvalue weighted by Crippen LogP contribution is 2.07. The first-order valence-corrected chi connectivity index (χ1v) is 8.44. The van der Waals surface area contributed by atoms with Crippen LogP contribution in [-0.2, 0) is 19.2 Å². The Morgan fingerprint density at radius 3 is 1.81 bits per heavy atom. The van der Waals surface area contributed by atoms with E-state index >= 15 is 0 Å². The lowest BCUT2D eigenvalue weighted by molar-refractivity contribution is -0.142. The van der Waals surface area contributed by atoms with E-state index in [9.17, 15) is 24.3 Å². The van der Waals surface area contributed by atoms with Crippen LogP contribution in [-0.4, -0.2) is 64.2 Å². The maximum absolute atomic E-state index is 12.5. The van der Waals surface area contributed by atoms with Gasteiger partial charge in [0.15, 0.2) is 0 Å². The Morgan fingerprint density at radius 1 is 0.885 bits per heavy atom. The molecule has 0 aliphatic rings. The second-order valence-corrected chi connectivity index (χ2v) is 6.77. The zero-order chi connectivity index (χ0) is 20.6. The van der Waals surface area contributed by atoms with Gasteiger partial charge in [-0.25, -0.2) is 0 Å². The van der Waals surface area contributed by atoms with Gasteiger partial charge in [0, 0.05) is 0 Å². The first-order valence-electron chi connectivity index (χ1n) is 8.44. The molecule has 0 spiro atoms. The first-order chi connectivity index (χ1) is 11.9. The number of carboxylic acid groups (broad SMARTS) is 1. The van der Waals surface area contributed by atoms with Gasteiger partial charge < -0.3 is 31.9 Å². The van der Waals surface area contributed by atoms with E-state index in [1.54, 1.807) is 0 Å². The lowest BCUT2D eigenvalue weighted by Crippen LogP contribution is -2.59. The van der Waals surface area contributed by atoms with E-state index in [0.717, 1.165) is 0 Å². The summed E-state index contributed by atoms with van der Waals surface area (Å²) in [6.07, 6.45) is -0.979. The molecule has 0 unspecified atom stereocenters. The zero-order valence-corrected chi connectivity index (χ0v) is 15.8. The number of nitrogens with one attached hydrogen (secondary N) is 3. The fourth-order valence-corrected chi connectivity index (χ4v) is 2.03. The molecule has 0 radical (unpaired) electrons. The van der Waals surface area contributed by atoms with Gasteiger partial charge in [-0.15, -0.1) is 0 Å². The predicted octanol–water partition coefficient (Wildman–Crippen LogP) is -1.68. The highest BCUT2D eigenvalue weighted by molar-refractivity contribution is 5.94. The smallest absolute Gasteiger partial charge is 0.325 e. The number of nitrogens with two attached hydrogens (primary N) is 1.